The van der Waals surface area contributed by atoms with Crippen LogP contribution in [0, 0.1) is 0 Å². The van der Waals surface area contributed by atoms with Gasteiger partial charge in [0.25, 0.3) is 0 Å². The van der Waals surface area contributed by atoms with E-state index in [9.17, 15) is 18.0 Å². The molecule has 216 valence electrons. The highest BCUT2D eigenvalue weighted by Crippen LogP contribution is 2.26. The Morgan fingerprint density at radius 1 is 0.738 bits per heavy atom. The molecule has 1 fully saturated rings. The Hall–Kier alpha value is -4.27. The predicted molar refractivity (Wildman–Crippen MR) is 163 cm³/mol. The monoisotopic (exact) mass is 581 g/mol. The molecule has 1 aliphatic rings. The van der Waals surface area contributed by atoms with Crippen molar-refractivity contribution in [2.45, 2.75) is 55.8 Å². The number of carbonyl (C=O) groups excluding carboxylic acids is 2. The van der Waals surface area contributed by atoms with Crippen molar-refractivity contribution in [2.75, 3.05) is 0 Å². The summed E-state index contributed by atoms with van der Waals surface area (Å²) in [5, 5.41) is 3.03. The molecule has 5 rings (SSSR count). The summed E-state index contributed by atoms with van der Waals surface area (Å²) < 4.78 is 27.7. The minimum Gasteiger partial charge on any atom is -0.350 e. The number of rotatable bonds is 13. The van der Waals surface area contributed by atoms with Crippen molar-refractivity contribution in [3.8, 4) is 0 Å². The third kappa shape index (κ3) is 7.93. The maximum absolute atomic E-state index is 13.9. The second-order valence-electron chi connectivity index (χ2n) is 10.6. The first-order valence-corrected chi connectivity index (χ1v) is 15.7. The number of amides is 2. The quantitative estimate of drug-likeness (QED) is 0.228. The lowest BCUT2D eigenvalue weighted by Crippen LogP contribution is -2.43. The van der Waals surface area contributed by atoms with Crippen LogP contribution in [0.1, 0.15) is 47.6 Å². The number of nitrogens with one attached hydrogen (secondary N) is 2. The van der Waals surface area contributed by atoms with Crippen LogP contribution < -0.4 is 10.0 Å². The topological polar surface area (TPSA) is 95.6 Å². The summed E-state index contributed by atoms with van der Waals surface area (Å²) in [6.45, 7) is 0.614. The molecule has 8 heteroatoms. The molecule has 2 amide bonds. The summed E-state index contributed by atoms with van der Waals surface area (Å²) in [5.41, 5.74) is 3.46. The molecule has 42 heavy (non-hydrogen) atoms. The molecule has 0 radical (unpaired) electrons. The van der Waals surface area contributed by atoms with E-state index in [2.05, 4.69) is 10.0 Å². The number of hydrogen-bond acceptors (Lipinski definition) is 4. The maximum atomic E-state index is 13.9. The molecule has 0 bridgehead atoms. The Morgan fingerprint density at radius 3 is 1.90 bits per heavy atom. The van der Waals surface area contributed by atoms with E-state index >= 15 is 0 Å². The Kier molecular flexibility index (Phi) is 9.46. The molecular formula is C34H35N3O4S. The molecule has 7 nitrogen and oxygen atoms in total. The van der Waals surface area contributed by atoms with Gasteiger partial charge in [-0.2, -0.15) is 0 Å². The van der Waals surface area contributed by atoms with Gasteiger partial charge in [0, 0.05) is 25.6 Å². The number of benzene rings is 4. The van der Waals surface area contributed by atoms with Gasteiger partial charge in [0.05, 0.1) is 4.90 Å². The summed E-state index contributed by atoms with van der Waals surface area (Å²) in [5.74, 6) is -0.429. The summed E-state index contributed by atoms with van der Waals surface area (Å²) >= 11 is 0. The smallest absolute Gasteiger partial charge is 0.247 e. The van der Waals surface area contributed by atoms with Crippen LogP contribution in [-0.2, 0) is 39.1 Å². The summed E-state index contributed by atoms with van der Waals surface area (Å²) in [6, 6.07) is 34.5. The van der Waals surface area contributed by atoms with E-state index in [0.29, 0.717) is 13.0 Å². The molecule has 2 N–H and O–H groups in total. The van der Waals surface area contributed by atoms with Gasteiger partial charge in [0.2, 0.25) is 21.8 Å². The van der Waals surface area contributed by atoms with E-state index in [-0.39, 0.29) is 35.7 Å². The summed E-state index contributed by atoms with van der Waals surface area (Å²) in [6.07, 6.45) is 2.31. The standard InChI is InChI=1S/C34H35N3O4S/c38-32(23-18-26-16-21-31(22-17-26)42(40,41)36-30-19-20-30)37(25-28-12-6-2-7-13-28)33(29-14-8-3-9-15-29)34(39)35-24-27-10-4-1-5-11-27/h1-17,21-22,30,33,36H,18-20,23-25H2,(H,35,39). The number of carbonyl (C=O) groups is 2. The highest BCUT2D eigenvalue weighted by atomic mass is 32.2. The fourth-order valence-electron chi connectivity index (χ4n) is 4.81. The van der Waals surface area contributed by atoms with Gasteiger partial charge in [-0.15, -0.1) is 0 Å². The number of hydrogen-bond donors (Lipinski definition) is 2. The van der Waals surface area contributed by atoms with E-state index in [0.717, 1.165) is 35.1 Å². The van der Waals surface area contributed by atoms with Crippen molar-refractivity contribution in [3.05, 3.63) is 138 Å². The minimum atomic E-state index is -3.54. The highest BCUT2D eigenvalue weighted by Gasteiger charge is 2.31. The first-order chi connectivity index (χ1) is 20.4. The van der Waals surface area contributed by atoms with Gasteiger partial charge in [-0.05, 0) is 53.6 Å². The summed E-state index contributed by atoms with van der Waals surface area (Å²) in [7, 11) is -3.54. The highest BCUT2D eigenvalue weighted by molar-refractivity contribution is 7.89. The van der Waals surface area contributed by atoms with Gasteiger partial charge in [-0.3, -0.25) is 9.59 Å². The third-order valence-electron chi connectivity index (χ3n) is 7.26. The first kappa shape index (κ1) is 29.2. The lowest BCUT2D eigenvalue weighted by molar-refractivity contribution is -0.141. The van der Waals surface area contributed by atoms with Gasteiger partial charge >= 0.3 is 0 Å². The largest absolute Gasteiger partial charge is 0.350 e. The van der Waals surface area contributed by atoms with E-state index in [1.807, 2.05) is 91.0 Å². The minimum absolute atomic E-state index is 0.0327. The van der Waals surface area contributed by atoms with E-state index in [1.165, 1.54) is 0 Å². The van der Waals surface area contributed by atoms with E-state index in [1.54, 1.807) is 29.2 Å². The van der Waals surface area contributed by atoms with E-state index < -0.39 is 16.1 Å². The molecule has 1 unspecified atom stereocenters. The average molecular weight is 582 g/mol. The average Bonchev–Trinajstić information content (AvgIpc) is 3.83. The molecule has 1 aliphatic carbocycles. The zero-order chi connectivity index (χ0) is 29.4. The van der Waals surface area contributed by atoms with Gasteiger partial charge in [-0.25, -0.2) is 13.1 Å². The third-order valence-corrected chi connectivity index (χ3v) is 8.80. The molecule has 4 aromatic rings. The molecule has 1 saturated carbocycles. The second-order valence-corrected chi connectivity index (χ2v) is 12.3. The van der Waals surface area contributed by atoms with Crippen molar-refractivity contribution in [2.24, 2.45) is 0 Å². The lowest BCUT2D eigenvalue weighted by atomic mass is 10.0. The van der Waals surface area contributed by atoms with Gasteiger partial charge in [0.15, 0.2) is 0 Å². The number of nitrogens with zero attached hydrogens (tertiary/aromatic N) is 1. The van der Waals surface area contributed by atoms with Crippen LogP contribution in [0.3, 0.4) is 0 Å². The molecule has 0 aromatic heterocycles. The van der Waals surface area contributed by atoms with Gasteiger partial charge < -0.3 is 10.2 Å². The van der Waals surface area contributed by atoms with Crippen LogP contribution in [0.4, 0.5) is 0 Å². The number of aryl methyl sites for hydroxylation is 1. The Morgan fingerprint density at radius 2 is 1.31 bits per heavy atom. The Bertz CT molecular complexity index is 1570. The predicted octanol–water partition coefficient (Wildman–Crippen LogP) is 5.15. The molecule has 0 spiro atoms. The summed E-state index contributed by atoms with van der Waals surface area (Å²) in [4.78, 5) is 29.5. The normalized spacial score (nSPS) is 13.7. The van der Waals surface area contributed by atoms with Crippen LogP contribution in [0.2, 0.25) is 0 Å². The molecule has 4 aromatic carbocycles. The fourth-order valence-corrected chi connectivity index (χ4v) is 6.12. The van der Waals surface area contributed by atoms with Crippen LogP contribution in [0.5, 0.6) is 0 Å². The van der Waals surface area contributed by atoms with Crippen LogP contribution in [0.15, 0.2) is 120 Å². The molecule has 0 aliphatic heterocycles. The van der Waals surface area contributed by atoms with Crippen LogP contribution in [0.25, 0.3) is 0 Å². The SMILES string of the molecule is O=C(NCc1ccccc1)C(c1ccccc1)N(Cc1ccccc1)C(=O)CCc1ccc(S(=O)(=O)NC2CC2)cc1. The van der Waals surface area contributed by atoms with Crippen LogP contribution >= 0.6 is 0 Å². The molecule has 1 atom stereocenters. The van der Waals surface area contributed by atoms with E-state index in [4.69, 9.17) is 0 Å². The molecule has 0 heterocycles. The van der Waals surface area contributed by atoms with Crippen LogP contribution in [-0.4, -0.2) is 31.2 Å². The van der Waals surface area contributed by atoms with Crippen molar-refractivity contribution < 1.29 is 18.0 Å². The Labute approximate surface area is 247 Å². The van der Waals surface area contributed by atoms with Crippen molar-refractivity contribution in [1.82, 2.24) is 14.9 Å². The fraction of sp³-hybridized carbons (Fsp3) is 0.235. The van der Waals surface area contributed by atoms with Crippen molar-refractivity contribution in [1.29, 1.82) is 0 Å². The van der Waals surface area contributed by atoms with Gasteiger partial charge in [-0.1, -0.05) is 103 Å². The first-order valence-electron chi connectivity index (χ1n) is 14.2. The lowest BCUT2D eigenvalue weighted by Gasteiger charge is -2.32. The number of sulfonamides is 1. The molecule has 0 saturated heterocycles. The van der Waals surface area contributed by atoms with Crippen molar-refractivity contribution >= 4 is 21.8 Å². The maximum Gasteiger partial charge on any atom is 0.247 e. The van der Waals surface area contributed by atoms with Gasteiger partial charge in [0.1, 0.15) is 6.04 Å². The zero-order valence-corrected chi connectivity index (χ0v) is 24.2. The molecular weight excluding hydrogens is 546 g/mol. The second kappa shape index (κ2) is 13.6. The zero-order valence-electron chi connectivity index (χ0n) is 23.4. The Balaban J connectivity index is 1.35. The van der Waals surface area contributed by atoms with Crippen molar-refractivity contribution in [3.63, 3.8) is 0 Å².